The molecule has 4 unspecified atom stereocenters. The predicted molar refractivity (Wildman–Crippen MR) is 298 cm³/mol. The fourth-order valence-electron chi connectivity index (χ4n) is 14.8. The highest BCUT2D eigenvalue weighted by molar-refractivity contribution is 5.78. The van der Waals surface area contributed by atoms with Gasteiger partial charge in [0.05, 0.1) is 66.5 Å². The molecular formula is C63H117NO10. The molecule has 434 valence electrons. The Hall–Kier alpha value is -0.890. The molecule has 5 fully saturated rings. The van der Waals surface area contributed by atoms with Crippen LogP contribution >= 0.6 is 0 Å². The lowest BCUT2D eigenvalue weighted by Gasteiger charge is -2.49. The Kier molecular flexibility index (Phi) is 25.1. The van der Waals surface area contributed by atoms with Crippen LogP contribution in [0.4, 0.5) is 0 Å². The molecule has 0 bridgehead atoms. The lowest BCUT2D eigenvalue weighted by Crippen LogP contribution is -2.57. The number of aliphatic hydroxyl groups is 3. The second-order valence-corrected chi connectivity index (χ2v) is 27.3. The molecule has 1 spiro atoms. The van der Waals surface area contributed by atoms with Crippen LogP contribution in [0.3, 0.4) is 0 Å². The number of hydrogen-bond donors (Lipinski definition) is 4. The van der Waals surface area contributed by atoms with Gasteiger partial charge in [-0.3, -0.25) is 4.79 Å². The fraction of sp³-hybridized carbons (Fsp3) is 0.984. The average molecular weight is 1050 g/mol. The van der Waals surface area contributed by atoms with E-state index in [2.05, 4.69) is 81.5 Å². The van der Waals surface area contributed by atoms with Crippen LogP contribution in [0, 0.1) is 65.1 Å². The number of ether oxygens (including phenoxy) is 6. The summed E-state index contributed by atoms with van der Waals surface area (Å²) < 4.78 is 40.7. The van der Waals surface area contributed by atoms with E-state index >= 15 is 0 Å². The van der Waals surface area contributed by atoms with E-state index in [4.69, 9.17) is 28.4 Å². The molecule has 4 N–H and O–H groups in total. The minimum absolute atomic E-state index is 0.00294. The number of carbonyl (C=O) groups excluding carboxylic acids is 1. The van der Waals surface area contributed by atoms with Gasteiger partial charge in [-0.25, -0.2) is 0 Å². The highest BCUT2D eigenvalue weighted by Crippen LogP contribution is 2.55. The van der Waals surface area contributed by atoms with Gasteiger partial charge < -0.3 is 49.1 Å². The third kappa shape index (κ3) is 16.8. The van der Waals surface area contributed by atoms with Gasteiger partial charge in [0.25, 0.3) is 0 Å². The third-order valence-corrected chi connectivity index (χ3v) is 20.2. The van der Waals surface area contributed by atoms with Crippen LogP contribution in [0.5, 0.6) is 0 Å². The number of carbonyl (C=O) groups is 1. The highest BCUT2D eigenvalue weighted by Gasteiger charge is 2.62. The first-order valence-corrected chi connectivity index (χ1v) is 31.2. The molecule has 11 heteroatoms. The summed E-state index contributed by atoms with van der Waals surface area (Å²) in [6.45, 7) is 31.4. The lowest BCUT2D eigenvalue weighted by molar-refractivity contribution is -0.336. The topological polar surface area (TPSA) is 145 Å². The van der Waals surface area contributed by atoms with Gasteiger partial charge in [-0.2, -0.15) is 0 Å². The molecular weight excluding hydrogens is 931 g/mol. The maximum absolute atomic E-state index is 13.7. The molecule has 21 atom stereocenters. The Morgan fingerprint density at radius 2 is 1.30 bits per heavy atom. The molecule has 5 aliphatic heterocycles. The number of methoxy groups -OCH3 is 1. The minimum Gasteiger partial charge on any atom is -0.393 e. The zero-order valence-corrected chi connectivity index (χ0v) is 50.3. The molecule has 0 aromatic carbocycles. The summed E-state index contributed by atoms with van der Waals surface area (Å²) in [6.07, 6.45) is 23.3. The van der Waals surface area contributed by atoms with E-state index in [9.17, 15) is 20.1 Å². The van der Waals surface area contributed by atoms with Gasteiger partial charge in [-0.15, -0.1) is 0 Å². The first-order valence-electron chi connectivity index (χ1n) is 31.2. The lowest BCUT2D eigenvalue weighted by atomic mass is 9.78. The van der Waals surface area contributed by atoms with Crippen molar-refractivity contribution in [1.82, 2.24) is 5.32 Å². The molecule has 5 heterocycles. The average Bonchev–Trinajstić information content (AvgIpc) is 4.07. The number of aliphatic hydroxyl groups excluding tert-OH is 2. The Labute approximate surface area is 453 Å². The maximum Gasteiger partial charge on any atom is 0.225 e. The Balaban J connectivity index is 1.02. The van der Waals surface area contributed by atoms with Crippen molar-refractivity contribution in [3.63, 3.8) is 0 Å². The van der Waals surface area contributed by atoms with Crippen molar-refractivity contribution in [3.05, 3.63) is 0 Å². The van der Waals surface area contributed by atoms with Crippen LogP contribution in [0.1, 0.15) is 245 Å². The van der Waals surface area contributed by atoms with Crippen LogP contribution in [0.25, 0.3) is 0 Å². The molecule has 0 radical (unpaired) electrons. The summed E-state index contributed by atoms with van der Waals surface area (Å²) in [7, 11) is 1.68. The number of amides is 1. The van der Waals surface area contributed by atoms with Crippen molar-refractivity contribution in [1.29, 1.82) is 0 Å². The van der Waals surface area contributed by atoms with E-state index in [-0.39, 0.29) is 66.0 Å². The summed E-state index contributed by atoms with van der Waals surface area (Å²) in [4.78, 5) is 13.7. The van der Waals surface area contributed by atoms with E-state index in [1.165, 1.54) is 83.5 Å². The van der Waals surface area contributed by atoms with Crippen molar-refractivity contribution >= 4 is 5.91 Å². The van der Waals surface area contributed by atoms with Crippen molar-refractivity contribution in [2.75, 3.05) is 20.3 Å². The van der Waals surface area contributed by atoms with E-state index in [0.717, 1.165) is 75.0 Å². The van der Waals surface area contributed by atoms with Crippen LogP contribution in [0.15, 0.2) is 0 Å². The zero-order valence-electron chi connectivity index (χ0n) is 50.3. The molecule has 0 aliphatic carbocycles. The number of hydrogen-bond acceptors (Lipinski definition) is 10. The maximum atomic E-state index is 13.7. The van der Waals surface area contributed by atoms with Gasteiger partial charge in [-0.1, -0.05) is 173 Å². The van der Waals surface area contributed by atoms with E-state index in [1.807, 2.05) is 20.8 Å². The molecule has 74 heavy (non-hydrogen) atoms. The van der Waals surface area contributed by atoms with E-state index in [1.54, 1.807) is 7.11 Å². The molecule has 5 rings (SSSR count). The van der Waals surface area contributed by atoms with Crippen LogP contribution < -0.4 is 5.32 Å². The summed E-state index contributed by atoms with van der Waals surface area (Å²) >= 11 is 0. The Morgan fingerprint density at radius 1 is 0.730 bits per heavy atom. The molecule has 0 aromatic heterocycles. The van der Waals surface area contributed by atoms with Gasteiger partial charge in [-0.05, 0) is 99.7 Å². The normalized spacial score (nSPS) is 38.5. The van der Waals surface area contributed by atoms with Crippen LogP contribution in [-0.2, 0) is 33.2 Å². The SMILES string of the molecule is CC[C@@]1([C@@H]2O[C@@H]([C@H]3O[C@@](O)(CO)[C@H](C)C[C@@H]3C)C[C@@H]2C)CC[C@H]([C@]2(C)CC[C@]3(C[C@H](O)[C@@H](C)[C@@H]([C@@H](C)[C@@H](OC)[C@H](C)C(=O)NCCCC(C)CCCC(C)CCCCC(C)CCCC(C)CCCC(C)C)O3)O2)O1. The molecule has 5 saturated heterocycles. The summed E-state index contributed by atoms with van der Waals surface area (Å²) in [5, 5.41) is 36.1. The standard InChI is InChI=1S/C63H117NO10/c1-16-61(58-47(9)38-53(70-58)55-46(8)37-48(10)63(68,40-65)73-55)33-32-54(71-61)60(14)34-35-62(74-60)39-52(66)49(11)57(72-62)50(12)56(69-15)51(13)59(67)64-36-22-31-45(7)30-21-28-43(5)25-18-17-24-42(4)27-20-29-44(6)26-19-23-41(2)3/h41-58,65-66,68H,16-40H2,1-15H3,(H,64,67)/t42?,43?,44?,45?,46-,47-,48+,49+,50-,51-,52-,53+,54+,55-,56+,57-,58+,60-,61-,62+,63-/m0/s1. The summed E-state index contributed by atoms with van der Waals surface area (Å²) in [5.41, 5.74) is -1.13. The highest BCUT2D eigenvalue weighted by atomic mass is 16.7. The van der Waals surface area contributed by atoms with E-state index < -0.39 is 47.5 Å². The molecule has 11 nitrogen and oxygen atoms in total. The second kappa shape index (κ2) is 29.0. The van der Waals surface area contributed by atoms with E-state index in [0.29, 0.717) is 25.3 Å². The first kappa shape index (κ1) is 63.9. The van der Waals surface area contributed by atoms with Gasteiger partial charge in [0.1, 0.15) is 0 Å². The third-order valence-electron chi connectivity index (χ3n) is 20.2. The molecule has 5 aliphatic rings. The van der Waals surface area contributed by atoms with Gasteiger partial charge >= 0.3 is 0 Å². The number of nitrogens with one attached hydrogen (secondary N) is 1. The van der Waals surface area contributed by atoms with Gasteiger partial charge in [0.2, 0.25) is 5.91 Å². The predicted octanol–water partition coefficient (Wildman–Crippen LogP) is 13.4. The van der Waals surface area contributed by atoms with Crippen molar-refractivity contribution in [2.45, 2.75) is 310 Å². The molecule has 0 aromatic rings. The first-order chi connectivity index (χ1) is 34.9. The Morgan fingerprint density at radius 3 is 1.85 bits per heavy atom. The van der Waals surface area contributed by atoms with Crippen molar-refractivity contribution in [2.24, 2.45) is 65.1 Å². The fourth-order valence-corrected chi connectivity index (χ4v) is 14.8. The Bertz CT molecular complexity index is 1630. The zero-order chi connectivity index (χ0) is 54.6. The molecule has 1 amide bonds. The number of unbranched alkanes of at least 4 members (excludes halogenated alkanes) is 1. The smallest absolute Gasteiger partial charge is 0.225 e. The van der Waals surface area contributed by atoms with Gasteiger partial charge in [0, 0.05) is 44.2 Å². The molecule has 0 saturated carbocycles. The van der Waals surface area contributed by atoms with Crippen LogP contribution in [0.2, 0.25) is 0 Å². The monoisotopic (exact) mass is 1050 g/mol. The quantitative estimate of drug-likeness (QED) is 0.0495. The van der Waals surface area contributed by atoms with Gasteiger partial charge in [0.15, 0.2) is 11.6 Å². The second-order valence-electron chi connectivity index (χ2n) is 27.3. The minimum atomic E-state index is -1.56. The summed E-state index contributed by atoms with van der Waals surface area (Å²) in [6, 6.07) is 0. The van der Waals surface area contributed by atoms with Crippen molar-refractivity contribution < 1.29 is 48.5 Å². The van der Waals surface area contributed by atoms with Crippen LogP contribution in [-0.4, -0.2) is 107 Å². The largest absolute Gasteiger partial charge is 0.393 e. The summed E-state index contributed by atoms with van der Waals surface area (Å²) in [5.74, 6) is 0.945. The van der Waals surface area contributed by atoms with Crippen molar-refractivity contribution in [3.8, 4) is 0 Å². The number of rotatable bonds is 31.